The van der Waals surface area contributed by atoms with Crippen molar-refractivity contribution in [1.29, 1.82) is 0 Å². The van der Waals surface area contributed by atoms with Crippen molar-refractivity contribution >= 4 is 7.82 Å². The van der Waals surface area contributed by atoms with Crippen LogP contribution in [0.2, 0.25) is 0 Å². The number of phosphoric acid groups is 1. The van der Waals surface area contributed by atoms with E-state index >= 15 is 0 Å². The first-order valence-electron chi connectivity index (χ1n) is 0.783. The fourth-order valence-corrected chi connectivity index (χ4v) is 0. The summed E-state index contributed by atoms with van der Waals surface area (Å²) in [5.41, 5.74) is 0. The van der Waals surface area contributed by atoms with Gasteiger partial charge in [-0.05, 0) is 0 Å². The van der Waals surface area contributed by atoms with Crippen LogP contribution >= 0.6 is 7.82 Å². The molecule has 6 heavy (non-hydrogen) atoms. The fraction of sp³-hybridized carbons (Fsp3) is 0. The summed E-state index contributed by atoms with van der Waals surface area (Å²) in [4.78, 5) is 21.6. The average Bonchev–Trinajstić information content (AvgIpc) is 0.722. The van der Waals surface area contributed by atoms with Gasteiger partial charge in [0.1, 0.15) is 0 Å². The number of hydrogen-bond acceptors (Lipinski definition) is 1. The summed E-state index contributed by atoms with van der Waals surface area (Å²) in [5, 5.41) is 0. The third-order valence-corrected chi connectivity index (χ3v) is 0. The maximum Gasteiger partial charge on any atom is 0.466 e. The second-order valence-corrected chi connectivity index (χ2v) is 1.54. The van der Waals surface area contributed by atoms with Crippen LogP contribution in [-0.4, -0.2) is 14.7 Å². The van der Waals surface area contributed by atoms with E-state index in [4.69, 9.17) is 19.2 Å². The Kier molecular flexibility index (Phi) is 4.60. The Morgan fingerprint density at radius 3 is 1.17 bits per heavy atom. The van der Waals surface area contributed by atoms with Gasteiger partial charge in [-0.25, -0.2) is 4.57 Å². The van der Waals surface area contributed by atoms with Gasteiger partial charge in [0.25, 0.3) is 0 Å². The molecule has 1 radical (unpaired) electrons. The van der Waals surface area contributed by atoms with Crippen molar-refractivity contribution in [2.75, 3.05) is 0 Å². The first kappa shape index (κ1) is 9.85. The molecule has 0 aromatic carbocycles. The van der Waals surface area contributed by atoms with E-state index in [0.29, 0.717) is 0 Å². The fourth-order valence-electron chi connectivity index (χ4n) is 0. The first-order chi connectivity index (χ1) is 2.00. The maximum atomic E-state index is 8.88. The van der Waals surface area contributed by atoms with Crippen LogP contribution < -0.4 is 0 Å². The standard InChI is InChI=1S/H3O4P.V/c1-5(2,3)4;/h(H3,1,2,3,4);. The summed E-state index contributed by atoms with van der Waals surface area (Å²) >= 11 is 0. The van der Waals surface area contributed by atoms with Crippen molar-refractivity contribution in [2.45, 2.75) is 0 Å². The van der Waals surface area contributed by atoms with Crippen molar-refractivity contribution in [3.8, 4) is 0 Å². The van der Waals surface area contributed by atoms with Crippen LogP contribution in [0.25, 0.3) is 0 Å². The Labute approximate surface area is 46.3 Å². The summed E-state index contributed by atoms with van der Waals surface area (Å²) in [6, 6.07) is 0. The summed E-state index contributed by atoms with van der Waals surface area (Å²) in [7, 11) is -4.64. The molecule has 37 valence electrons. The van der Waals surface area contributed by atoms with Gasteiger partial charge < -0.3 is 14.7 Å². The molecule has 0 rings (SSSR count). The molecule has 0 fully saturated rings. The Hall–Kier alpha value is 0.694. The molecule has 0 heterocycles. The Morgan fingerprint density at radius 2 is 1.17 bits per heavy atom. The minimum Gasteiger partial charge on any atom is -0.303 e. The van der Waals surface area contributed by atoms with Crippen molar-refractivity contribution < 1.29 is 37.8 Å². The summed E-state index contributed by atoms with van der Waals surface area (Å²) in [6.07, 6.45) is 0. The molecule has 6 heteroatoms. The molecule has 0 aliphatic heterocycles. The summed E-state index contributed by atoms with van der Waals surface area (Å²) in [6.45, 7) is 0. The summed E-state index contributed by atoms with van der Waals surface area (Å²) in [5.74, 6) is 0. The Bertz CT molecular complexity index is 53.7. The monoisotopic (exact) mass is 149 g/mol. The SMILES string of the molecule is O=P(O)(O)O.[V]. The van der Waals surface area contributed by atoms with E-state index in [0.717, 1.165) is 0 Å². The minimum atomic E-state index is -4.64. The molecule has 0 spiro atoms. The molecule has 0 aromatic rings. The molecule has 0 saturated carbocycles. The van der Waals surface area contributed by atoms with Crippen LogP contribution in [0.15, 0.2) is 0 Å². The van der Waals surface area contributed by atoms with E-state index in [9.17, 15) is 0 Å². The zero-order valence-corrected chi connectivity index (χ0v) is 4.94. The van der Waals surface area contributed by atoms with Crippen molar-refractivity contribution in [3.05, 3.63) is 0 Å². The van der Waals surface area contributed by atoms with Crippen LogP contribution in [0.4, 0.5) is 0 Å². The topological polar surface area (TPSA) is 77.8 Å². The normalized spacial score (nSPS) is 9.83. The second kappa shape index (κ2) is 2.80. The Balaban J connectivity index is 0. The van der Waals surface area contributed by atoms with Crippen molar-refractivity contribution in [2.24, 2.45) is 0 Å². The zero-order chi connectivity index (χ0) is 4.50. The molecular weight excluding hydrogens is 146 g/mol. The van der Waals surface area contributed by atoms with Gasteiger partial charge in [0.2, 0.25) is 0 Å². The van der Waals surface area contributed by atoms with Crippen molar-refractivity contribution in [1.82, 2.24) is 0 Å². The van der Waals surface area contributed by atoms with Crippen LogP contribution in [0, 0.1) is 0 Å². The molecule has 0 amide bonds. The van der Waals surface area contributed by atoms with Gasteiger partial charge >= 0.3 is 7.82 Å². The molecule has 0 saturated heterocycles. The van der Waals surface area contributed by atoms with Crippen molar-refractivity contribution in [3.63, 3.8) is 0 Å². The smallest absolute Gasteiger partial charge is 0.303 e. The molecule has 3 N–H and O–H groups in total. The molecule has 0 aromatic heterocycles. The third-order valence-electron chi connectivity index (χ3n) is 0. The minimum absolute atomic E-state index is 0. The average molecular weight is 149 g/mol. The van der Waals surface area contributed by atoms with Crippen LogP contribution in [0.5, 0.6) is 0 Å². The van der Waals surface area contributed by atoms with Gasteiger partial charge in [0.05, 0.1) is 0 Å². The molecule has 0 aliphatic rings. The van der Waals surface area contributed by atoms with Crippen LogP contribution in [0.1, 0.15) is 0 Å². The van der Waals surface area contributed by atoms with E-state index in [2.05, 4.69) is 0 Å². The number of rotatable bonds is 0. The van der Waals surface area contributed by atoms with Gasteiger partial charge in [-0.15, -0.1) is 0 Å². The summed E-state index contributed by atoms with van der Waals surface area (Å²) < 4.78 is 8.88. The molecule has 0 atom stereocenters. The molecule has 0 aliphatic carbocycles. The van der Waals surface area contributed by atoms with E-state index < -0.39 is 7.82 Å². The third kappa shape index (κ3) is 133. The zero-order valence-electron chi connectivity index (χ0n) is 2.64. The van der Waals surface area contributed by atoms with Gasteiger partial charge in [0, 0.05) is 18.6 Å². The molecule has 0 unspecified atom stereocenters. The largest absolute Gasteiger partial charge is 0.466 e. The van der Waals surface area contributed by atoms with E-state index in [1.807, 2.05) is 0 Å². The van der Waals surface area contributed by atoms with Gasteiger partial charge in [-0.3, -0.25) is 0 Å². The predicted octanol–water partition coefficient (Wildman–Crippen LogP) is -0.931. The molecule has 0 bridgehead atoms. The van der Waals surface area contributed by atoms with Gasteiger partial charge in [-0.1, -0.05) is 0 Å². The van der Waals surface area contributed by atoms with E-state index in [-0.39, 0.29) is 18.6 Å². The van der Waals surface area contributed by atoms with E-state index in [1.165, 1.54) is 0 Å². The first-order valence-corrected chi connectivity index (χ1v) is 2.35. The Morgan fingerprint density at radius 1 is 1.17 bits per heavy atom. The second-order valence-electron chi connectivity index (χ2n) is 0.513. The maximum absolute atomic E-state index is 8.88. The quantitative estimate of drug-likeness (QED) is 0.388. The number of hydrogen-bond donors (Lipinski definition) is 3. The van der Waals surface area contributed by atoms with Gasteiger partial charge in [-0.2, -0.15) is 0 Å². The molecular formula is H3O4PV. The van der Waals surface area contributed by atoms with E-state index in [1.54, 1.807) is 0 Å². The van der Waals surface area contributed by atoms with Crippen LogP contribution in [-0.2, 0) is 23.1 Å². The van der Waals surface area contributed by atoms with Gasteiger partial charge in [0.15, 0.2) is 0 Å². The van der Waals surface area contributed by atoms with Crippen LogP contribution in [0.3, 0.4) is 0 Å². The predicted molar refractivity (Wildman–Crippen MR) is 14.3 cm³/mol. The molecule has 4 nitrogen and oxygen atoms in total.